The Morgan fingerprint density at radius 2 is 1.64 bits per heavy atom. The predicted molar refractivity (Wildman–Crippen MR) is 106 cm³/mol. The first-order chi connectivity index (χ1) is 12.7. The Bertz CT molecular complexity index is 835. The largest absolute Gasteiger partial charge is 0.338 e. The minimum atomic E-state index is -3.57. The molecular weight excluding hydrogens is 409 g/mol. The standard InChI is InChI=1S/C18H24FN3O4S.ClH/c1-27(25,26)18(5-7-20-8-6-18)17(24)22-11-9-21(10-12-22)16(23)14-3-2-4-15(19)13-14;/h2-4,13,20H,5-12H2,1H3;1H. The number of sulfone groups is 1. The third kappa shape index (κ3) is 4.31. The minimum absolute atomic E-state index is 0. The number of hydrogen-bond donors (Lipinski definition) is 1. The van der Waals surface area contributed by atoms with Gasteiger partial charge >= 0.3 is 0 Å². The van der Waals surface area contributed by atoms with Crippen LogP contribution in [-0.4, -0.2) is 80.3 Å². The van der Waals surface area contributed by atoms with E-state index in [1.54, 1.807) is 15.9 Å². The van der Waals surface area contributed by atoms with E-state index in [2.05, 4.69) is 5.32 Å². The number of nitrogens with one attached hydrogen (secondary N) is 1. The molecule has 2 amide bonds. The lowest BCUT2D eigenvalue weighted by molar-refractivity contribution is -0.136. The van der Waals surface area contributed by atoms with E-state index in [-0.39, 0.29) is 55.7 Å². The number of carbonyl (C=O) groups excluding carboxylic acids is 2. The van der Waals surface area contributed by atoms with Crippen molar-refractivity contribution in [2.24, 2.45) is 0 Å². The Kier molecular flexibility index (Phi) is 7.06. The highest BCUT2D eigenvalue weighted by Gasteiger charge is 2.50. The van der Waals surface area contributed by atoms with Gasteiger partial charge in [-0.05, 0) is 44.1 Å². The summed E-state index contributed by atoms with van der Waals surface area (Å²) in [6, 6.07) is 5.50. The zero-order valence-corrected chi connectivity index (χ0v) is 17.3. The van der Waals surface area contributed by atoms with E-state index in [0.717, 1.165) is 6.26 Å². The van der Waals surface area contributed by atoms with Crippen molar-refractivity contribution in [3.8, 4) is 0 Å². The molecule has 2 aliphatic rings. The number of rotatable bonds is 3. The number of halogens is 2. The lowest BCUT2D eigenvalue weighted by Gasteiger charge is -2.42. The maximum absolute atomic E-state index is 13.3. The highest BCUT2D eigenvalue weighted by atomic mass is 35.5. The van der Waals surface area contributed by atoms with Crippen LogP contribution in [-0.2, 0) is 14.6 Å². The van der Waals surface area contributed by atoms with E-state index >= 15 is 0 Å². The number of nitrogens with zero attached hydrogens (tertiary/aromatic N) is 2. The topological polar surface area (TPSA) is 86.8 Å². The number of piperazine rings is 1. The normalized spacial score (nSPS) is 19.6. The van der Waals surface area contributed by atoms with Crippen molar-refractivity contribution in [2.75, 3.05) is 45.5 Å². The second-order valence-electron chi connectivity index (χ2n) is 7.11. The number of carbonyl (C=O) groups is 2. The Morgan fingerprint density at radius 1 is 1.07 bits per heavy atom. The maximum atomic E-state index is 13.3. The molecule has 0 spiro atoms. The predicted octanol–water partition coefficient (Wildman–Crippen LogP) is 0.699. The van der Waals surface area contributed by atoms with Crippen LogP contribution >= 0.6 is 12.4 Å². The summed E-state index contributed by atoms with van der Waals surface area (Å²) in [6.07, 6.45) is 1.64. The summed E-state index contributed by atoms with van der Waals surface area (Å²) >= 11 is 0. The Balaban J connectivity index is 0.00000280. The monoisotopic (exact) mass is 433 g/mol. The van der Waals surface area contributed by atoms with Gasteiger partial charge in [-0.25, -0.2) is 12.8 Å². The van der Waals surface area contributed by atoms with Gasteiger partial charge in [-0.1, -0.05) is 6.07 Å². The summed E-state index contributed by atoms with van der Waals surface area (Å²) in [6.45, 7) is 2.08. The number of amides is 2. The Morgan fingerprint density at radius 3 is 2.18 bits per heavy atom. The molecule has 1 aromatic carbocycles. The lowest BCUT2D eigenvalue weighted by atomic mass is 9.94. The van der Waals surface area contributed by atoms with Gasteiger partial charge in [-0.3, -0.25) is 9.59 Å². The van der Waals surface area contributed by atoms with Crippen LogP contribution in [0.1, 0.15) is 23.2 Å². The molecule has 0 bridgehead atoms. The SMILES string of the molecule is CS(=O)(=O)C1(C(=O)N2CCN(C(=O)c3cccc(F)c3)CC2)CCNCC1.Cl. The molecule has 0 atom stereocenters. The summed E-state index contributed by atoms with van der Waals surface area (Å²) in [4.78, 5) is 28.7. The van der Waals surface area contributed by atoms with Gasteiger partial charge < -0.3 is 15.1 Å². The fraction of sp³-hybridized carbons (Fsp3) is 0.556. The van der Waals surface area contributed by atoms with Gasteiger partial charge in [0.2, 0.25) is 5.91 Å². The van der Waals surface area contributed by atoms with E-state index < -0.39 is 20.4 Å². The minimum Gasteiger partial charge on any atom is -0.338 e. The first-order valence-electron chi connectivity index (χ1n) is 8.99. The van der Waals surface area contributed by atoms with Crippen LogP contribution in [0.2, 0.25) is 0 Å². The molecule has 1 N–H and O–H groups in total. The molecule has 0 aliphatic carbocycles. The highest BCUT2D eigenvalue weighted by Crippen LogP contribution is 2.30. The van der Waals surface area contributed by atoms with Crippen molar-refractivity contribution in [3.63, 3.8) is 0 Å². The van der Waals surface area contributed by atoms with Crippen molar-refractivity contribution in [1.82, 2.24) is 15.1 Å². The molecule has 7 nitrogen and oxygen atoms in total. The molecule has 10 heteroatoms. The second-order valence-corrected chi connectivity index (χ2v) is 9.44. The van der Waals surface area contributed by atoms with E-state index in [4.69, 9.17) is 0 Å². The highest BCUT2D eigenvalue weighted by molar-refractivity contribution is 7.92. The van der Waals surface area contributed by atoms with E-state index in [0.29, 0.717) is 26.2 Å². The Hall–Kier alpha value is -1.71. The number of hydrogen-bond acceptors (Lipinski definition) is 5. The van der Waals surface area contributed by atoms with Crippen molar-refractivity contribution < 1.29 is 22.4 Å². The molecule has 3 rings (SSSR count). The molecule has 0 radical (unpaired) electrons. The molecule has 2 saturated heterocycles. The molecule has 28 heavy (non-hydrogen) atoms. The summed E-state index contributed by atoms with van der Waals surface area (Å²) in [5.41, 5.74) is 0.265. The third-order valence-electron chi connectivity index (χ3n) is 5.44. The van der Waals surface area contributed by atoms with Crippen LogP contribution in [0.3, 0.4) is 0 Å². The molecule has 0 saturated carbocycles. The van der Waals surface area contributed by atoms with E-state index in [1.165, 1.54) is 18.2 Å². The summed E-state index contributed by atoms with van der Waals surface area (Å²) in [5.74, 6) is -1.14. The molecule has 1 aromatic rings. The molecule has 0 aromatic heterocycles. The smallest absolute Gasteiger partial charge is 0.254 e. The third-order valence-corrected chi connectivity index (χ3v) is 7.44. The second kappa shape index (κ2) is 8.75. The van der Waals surface area contributed by atoms with Crippen molar-refractivity contribution >= 4 is 34.1 Å². The average molecular weight is 434 g/mol. The molecule has 2 aliphatic heterocycles. The van der Waals surface area contributed by atoms with Gasteiger partial charge in [0, 0.05) is 38.0 Å². The van der Waals surface area contributed by atoms with Crippen LogP contribution in [0.5, 0.6) is 0 Å². The van der Waals surface area contributed by atoms with Crippen LogP contribution in [0.25, 0.3) is 0 Å². The summed E-state index contributed by atoms with van der Waals surface area (Å²) in [5, 5.41) is 3.10. The molecular formula is C18H25ClFN3O4S. The fourth-order valence-electron chi connectivity index (χ4n) is 3.78. The molecule has 0 unspecified atom stereocenters. The first-order valence-corrected chi connectivity index (χ1v) is 10.9. The van der Waals surface area contributed by atoms with Crippen LogP contribution in [0.15, 0.2) is 24.3 Å². The van der Waals surface area contributed by atoms with E-state index in [9.17, 15) is 22.4 Å². The average Bonchev–Trinajstić information content (AvgIpc) is 2.66. The number of benzene rings is 1. The van der Waals surface area contributed by atoms with Crippen LogP contribution in [0.4, 0.5) is 4.39 Å². The quantitative estimate of drug-likeness (QED) is 0.758. The zero-order chi connectivity index (χ0) is 19.7. The maximum Gasteiger partial charge on any atom is 0.254 e. The number of piperidine rings is 1. The van der Waals surface area contributed by atoms with Gasteiger partial charge in [0.1, 0.15) is 5.82 Å². The van der Waals surface area contributed by atoms with Crippen molar-refractivity contribution in [1.29, 1.82) is 0 Å². The van der Waals surface area contributed by atoms with Gasteiger partial charge in [0.25, 0.3) is 5.91 Å². The van der Waals surface area contributed by atoms with Gasteiger partial charge in [0.05, 0.1) is 0 Å². The molecule has 156 valence electrons. The summed E-state index contributed by atoms with van der Waals surface area (Å²) in [7, 11) is -3.57. The zero-order valence-electron chi connectivity index (χ0n) is 15.7. The fourth-order valence-corrected chi connectivity index (χ4v) is 5.17. The summed E-state index contributed by atoms with van der Waals surface area (Å²) < 4.78 is 36.8. The Labute approximate surface area is 170 Å². The van der Waals surface area contributed by atoms with Gasteiger partial charge in [-0.2, -0.15) is 0 Å². The molecule has 2 fully saturated rings. The first kappa shape index (κ1) is 22.6. The van der Waals surface area contributed by atoms with Crippen molar-refractivity contribution in [3.05, 3.63) is 35.6 Å². The van der Waals surface area contributed by atoms with Gasteiger partial charge in [0.15, 0.2) is 14.6 Å². The van der Waals surface area contributed by atoms with Crippen LogP contribution in [0, 0.1) is 5.82 Å². The van der Waals surface area contributed by atoms with E-state index in [1.807, 2.05) is 0 Å². The van der Waals surface area contributed by atoms with Crippen LogP contribution < -0.4 is 5.32 Å². The van der Waals surface area contributed by atoms with Crippen molar-refractivity contribution in [2.45, 2.75) is 17.6 Å². The van der Waals surface area contributed by atoms with Gasteiger partial charge in [-0.15, -0.1) is 12.4 Å². The molecule has 2 heterocycles. The lowest BCUT2D eigenvalue weighted by Crippen LogP contribution is -2.61.